The molecule has 0 aliphatic carbocycles. The zero-order valence-electron chi connectivity index (χ0n) is 17.1. The molecule has 1 fully saturated rings. The molecule has 0 saturated carbocycles. The Labute approximate surface area is 176 Å². The number of carbonyl (C=O) groups excluding carboxylic acids is 2. The van der Waals surface area contributed by atoms with Gasteiger partial charge in [-0.2, -0.15) is 0 Å². The van der Waals surface area contributed by atoms with E-state index in [1.807, 2.05) is 36.4 Å². The molecule has 1 saturated heterocycles. The molecule has 2 aromatic carbocycles. The van der Waals surface area contributed by atoms with Gasteiger partial charge >= 0.3 is 0 Å². The van der Waals surface area contributed by atoms with E-state index in [0.717, 1.165) is 30.6 Å². The number of ether oxygens (including phenoxy) is 2. The maximum Gasteiger partial charge on any atom is 0.254 e. The van der Waals surface area contributed by atoms with Crippen molar-refractivity contribution in [3.8, 4) is 5.75 Å². The molecular weight excluding hydrogens is 382 g/mol. The van der Waals surface area contributed by atoms with Crippen LogP contribution in [0.1, 0.15) is 44.2 Å². The Morgan fingerprint density at radius 2 is 2.00 bits per heavy atom. The molecule has 158 valence electrons. The minimum absolute atomic E-state index is 0.0148. The molecule has 2 aliphatic heterocycles. The third kappa shape index (κ3) is 4.32. The molecule has 3 N–H and O–H groups in total. The van der Waals surface area contributed by atoms with Crippen molar-refractivity contribution in [3.63, 3.8) is 0 Å². The van der Waals surface area contributed by atoms with Crippen molar-refractivity contribution in [3.05, 3.63) is 64.7 Å². The van der Waals surface area contributed by atoms with Gasteiger partial charge in [-0.1, -0.05) is 30.3 Å². The molecule has 2 aromatic rings. The molecule has 2 atom stereocenters. The molecule has 4 rings (SSSR count). The average molecular weight is 409 g/mol. The van der Waals surface area contributed by atoms with Gasteiger partial charge in [0.25, 0.3) is 11.8 Å². The average Bonchev–Trinajstić information content (AvgIpc) is 3.23. The molecule has 0 spiro atoms. The van der Waals surface area contributed by atoms with Crippen LogP contribution in [0.5, 0.6) is 5.75 Å². The second kappa shape index (κ2) is 9.28. The highest BCUT2D eigenvalue weighted by Crippen LogP contribution is 2.41. The summed E-state index contributed by atoms with van der Waals surface area (Å²) in [6, 6.07) is 13.4. The van der Waals surface area contributed by atoms with E-state index in [2.05, 4.69) is 16.0 Å². The van der Waals surface area contributed by atoms with E-state index in [4.69, 9.17) is 9.47 Å². The molecular formula is C23H27N3O4. The molecule has 7 heteroatoms. The summed E-state index contributed by atoms with van der Waals surface area (Å²) in [6.07, 6.45) is 0.846. The van der Waals surface area contributed by atoms with Crippen LogP contribution in [0.3, 0.4) is 0 Å². The number of hydrogen-bond donors (Lipinski definition) is 3. The lowest BCUT2D eigenvalue weighted by Gasteiger charge is -2.23. The standard InChI is InChI=1S/C23H27N3O4/c1-24-23(28)19-12-16(22(27)26-8-7-17-13-25-9-10-29-17)11-18-20(14-30-21(18)19)15-5-3-2-4-6-15/h2-6,11-12,17,20,25H,7-10,13-14H2,1H3,(H,24,28)(H,26,27)/t17-,20-/m1/s1. The zero-order valence-corrected chi connectivity index (χ0v) is 17.1. The van der Waals surface area contributed by atoms with Crippen molar-refractivity contribution in [1.29, 1.82) is 0 Å². The summed E-state index contributed by atoms with van der Waals surface area (Å²) >= 11 is 0. The van der Waals surface area contributed by atoms with Crippen molar-refractivity contribution in [1.82, 2.24) is 16.0 Å². The molecule has 30 heavy (non-hydrogen) atoms. The monoisotopic (exact) mass is 409 g/mol. The lowest BCUT2D eigenvalue weighted by Crippen LogP contribution is -2.40. The first-order valence-corrected chi connectivity index (χ1v) is 10.4. The van der Waals surface area contributed by atoms with Crippen molar-refractivity contribution in [2.75, 3.05) is 39.9 Å². The number of fused-ring (bicyclic) bond motifs is 1. The number of amides is 2. The van der Waals surface area contributed by atoms with Gasteiger partial charge in [0.1, 0.15) is 5.75 Å². The summed E-state index contributed by atoms with van der Waals surface area (Å²) in [7, 11) is 1.57. The van der Waals surface area contributed by atoms with Gasteiger partial charge in [0, 0.05) is 43.7 Å². The molecule has 0 unspecified atom stereocenters. The van der Waals surface area contributed by atoms with Gasteiger partial charge in [-0.3, -0.25) is 9.59 Å². The van der Waals surface area contributed by atoms with Crippen molar-refractivity contribution in [2.45, 2.75) is 18.4 Å². The Morgan fingerprint density at radius 1 is 1.17 bits per heavy atom. The number of nitrogens with one attached hydrogen (secondary N) is 3. The molecule has 0 aromatic heterocycles. The predicted molar refractivity (Wildman–Crippen MR) is 113 cm³/mol. The van der Waals surface area contributed by atoms with Crippen LogP contribution in [0.4, 0.5) is 0 Å². The fraction of sp³-hybridized carbons (Fsp3) is 0.391. The van der Waals surface area contributed by atoms with Gasteiger partial charge in [-0.25, -0.2) is 0 Å². The SMILES string of the molecule is CNC(=O)c1cc(C(=O)NCC[C@@H]2CNCCO2)cc2c1OC[C@@H]2c1ccccc1. The second-order valence-electron chi connectivity index (χ2n) is 7.54. The minimum Gasteiger partial charge on any atom is -0.491 e. The van der Waals surface area contributed by atoms with Crippen LogP contribution in [0.15, 0.2) is 42.5 Å². The number of benzene rings is 2. The Balaban J connectivity index is 1.55. The number of carbonyl (C=O) groups is 2. The molecule has 2 aliphatic rings. The Morgan fingerprint density at radius 3 is 2.73 bits per heavy atom. The predicted octanol–water partition coefficient (Wildman–Crippen LogP) is 1.68. The van der Waals surface area contributed by atoms with Crippen molar-refractivity contribution in [2.24, 2.45) is 0 Å². The highest BCUT2D eigenvalue weighted by molar-refractivity contribution is 6.02. The molecule has 0 bridgehead atoms. The van der Waals surface area contributed by atoms with E-state index in [1.54, 1.807) is 13.1 Å². The van der Waals surface area contributed by atoms with E-state index in [9.17, 15) is 9.59 Å². The van der Waals surface area contributed by atoms with E-state index in [-0.39, 0.29) is 23.8 Å². The summed E-state index contributed by atoms with van der Waals surface area (Å²) in [5.74, 6) is 0.0715. The first-order valence-electron chi connectivity index (χ1n) is 10.4. The van der Waals surface area contributed by atoms with E-state index >= 15 is 0 Å². The number of morpholine rings is 1. The van der Waals surface area contributed by atoms with Crippen LogP contribution in [-0.4, -0.2) is 57.8 Å². The van der Waals surface area contributed by atoms with Crippen molar-refractivity contribution < 1.29 is 19.1 Å². The first kappa shape index (κ1) is 20.4. The largest absolute Gasteiger partial charge is 0.491 e. The Kier molecular flexibility index (Phi) is 6.30. The minimum atomic E-state index is -0.267. The second-order valence-corrected chi connectivity index (χ2v) is 7.54. The molecule has 7 nitrogen and oxygen atoms in total. The van der Waals surface area contributed by atoms with Crippen LogP contribution in [0.25, 0.3) is 0 Å². The fourth-order valence-electron chi connectivity index (χ4n) is 3.98. The fourth-order valence-corrected chi connectivity index (χ4v) is 3.98. The van der Waals surface area contributed by atoms with Crippen LogP contribution in [-0.2, 0) is 4.74 Å². The lowest BCUT2D eigenvalue weighted by atomic mass is 9.90. The molecule has 2 amide bonds. The van der Waals surface area contributed by atoms with Gasteiger partial charge in [-0.05, 0) is 24.1 Å². The van der Waals surface area contributed by atoms with Crippen LogP contribution < -0.4 is 20.7 Å². The van der Waals surface area contributed by atoms with E-state index in [0.29, 0.717) is 36.6 Å². The Bertz CT molecular complexity index is 910. The smallest absolute Gasteiger partial charge is 0.254 e. The van der Waals surface area contributed by atoms with Gasteiger partial charge in [0.15, 0.2) is 0 Å². The zero-order chi connectivity index (χ0) is 20.9. The lowest BCUT2D eigenvalue weighted by molar-refractivity contribution is 0.0239. The van der Waals surface area contributed by atoms with Crippen LogP contribution in [0, 0.1) is 0 Å². The maximum absolute atomic E-state index is 12.9. The van der Waals surface area contributed by atoms with Crippen LogP contribution in [0.2, 0.25) is 0 Å². The number of hydrogen-bond acceptors (Lipinski definition) is 5. The highest BCUT2D eigenvalue weighted by Gasteiger charge is 2.31. The first-order chi connectivity index (χ1) is 14.7. The van der Waals surface area contributed by atoms with Gasteiger partial charge in [-0.15, -0.1) is 0 Å². The van der Waals surface area contributed by atoms with Gasteiger partial charge < -0.3 is 25.4 Å². The van der Waals surface area contributed by atoms with Gasteiger partial charge in [0.2, 0.25) is 0 Å². The topological polar surface area (TPSA) is 88.7 Å². The summed E-state index contributed by atoms with van der Waals surface area (Å²) in [5.41, 5.74) is 2.81. The third-order valence-corrected chi connectivity index (χ3v) is 5.58. The summed E-state index contributed by atoms with van der Waals surface area (Å²) in [4.78, 5) is 25.3. The van der Waals surface area contributed by atoms with Crippen LogP contribution >= 0.6 is 0 Å². The number of rotatable bonds is 6. The molecule has 2 heterocycles. The summed E-state index contributed by atoms with van der Waals surface area (Å²) in [6.45, 7) is 3.31. The summed E-state index contributed by atoms with van der Waals surface area (Å²) < 4.78 is 11.6. The van der Waals surface area contributed by atoms with E-state index in [1.165, 1.54) is 0 Å². The summed E-state index contributed by atoms with van der Waals surface area (Å²) in [5, 5.41) is 8.88. The highest BCUT2D eigenvalue weighted by atomic mass is 16.5. The normalized spacial score (nSPS) is 20.2. The molecule has 0 radical (unpaired) electrons. The van der Waals surface area contributed by atoms with Crippen molar-refractivity contribution >= 4 is 11.8 Å². The van der Waals surface area contributed by atoms with Gasteiger partial charge in [0.05, 0.1) is 24.9 Å². The maximum atomic E-state index is 12.9. The Hall–Kier alpha value is -2.90. The quantitative estimate of drug-likeness (QED) is 0.676. The van der Waals surface area contributed by atoms with E-state index < -0.39 is 0 Å². The third-order valence-electron chi connectivity index (χ3n) is 5.58.